The summed E-state index contributed by atoms with van der Waals surface area (Å²) in [7, 11) is 0. The number of aromatic nitrogens is 2. The number of piperidine rings is 1. The summed E-state index contributed by atoms with van der Waals surface area (Å²) in [6.07, 6.45) is 6.65. The van der Waals surface area contributed by atoms with Crippen LogP contribution in [0.15, 0.2) is 36.7 Å². The van der Waals surface area contributed by atoms with Gasteiger partial charge in [-0.05, 0) is 49.4 Å². The highest BCUT2D eigenvalue weighted by Crippen LogP contribution is 2.48. The van der Waals surface area contributed by atoms with E-state index in [-0.39, 0.29) is 12.1 Å². The van der Waals surface area contributed by atoms with Gasteiger partial charge in [-0.2, -0.15) is 9.65 Å². The van der Waals surface area contributed by atoms with Crippen molar-refractivity contribution < 1.29 is 4.39 Å². The molecule has 2 aliphatic heterocycles. The molecule has 0 saturated carbocycles. The second-order valence-corrected chi connectivity index (χ2v) is 7.04. The monoisotopic (exact) mass is 342 g/mol. The van der Waals surface area contributed by atoms with Crippen LogP contribution in [0.1, 0.15) is 31.2 Å². The first kappa shape index (κ1) is 15.3. The zero-order chi connectivity index (χ0) is 16.7. The van der Waals surface area contributed by atoms with Crippen LogP contribution < -0.4 is 4.90 Å². The van der Waals surface area contributed by atoms with Crippen molar-refractivity contribution in [2.24, 2.45) is 0 Å². The lowest BCUT2D eigenvalue weighted by molar-refractivity contribution is 0.343. The van der Waals surface area contributed by atoms with Crippen molar-refractivity contribution in [2.75, 3.05) is 4.90 Å². The summed E-state index contributed by atoms with van der Waals surface area (Å²) in [4.78, 5) is 10.4. The highest BCUT2D eigenvalue weighted by molar-refractivity contribution is 6.30. The van der Waals surface area contributed by atoms with E-state index in [0.29, 0.717) is 23.7 Å². The van der Waals surface area contributed by atoms with Crippen molar-refractivity contribution in [1.82, 2.24) is 9.97 Å². The summed E-state index contributed by atoms with van der Waals surface area (Å²) in [5, 5.41) is 10.5. The summed E-state index contributed by atoms with van der Waals surface area (Å²) in [5.41, 5.74) is 0.286. The van der Waals surface area contributed by atoms with Gasteiger partial charge in [0.15, 0.2) is 0 Å². The zero-order valence-electron chi connectivity index (χ0n) is 13.0. The third-order valence-corrected chi connectivity index (χ3v) is 5.43. The highest BCUT2D eigenvalue weighted by atomic mass is 35.5. The lowest BCUT2D eigenvalue weighted by Gasteiger charge is -2.44. The maximum absolute atomic E-state index is 13.5. The van der Waals surface area contributed by atoms with Crippen LogP contribution in [0.2, 0.25) is 5.02 Å². The predicted octanol–water partition coefficient (Wildman–Crippen LogP) is 3.86. The second-order valence-electron chi connectivity index (χ2n) is 6.60. The fraction of sp³-hybridized carbons (Fsp3) is 0.389. The molecule has 2 atom stereocenters. The minimum absolute atomic E-state index is 0.177. The molecule has 2 aromatic rings. The van der Waals surface area contributed by atoms with E-state index in [9.17, 15) is 9.65 Å². The molecule has 0 aliphatic carbocycles. The molecule has 6 heteroatoms. The van der Waals surface area contributed by atoms with E-state index >= 15 is 0 Å². The molecule has 2 aliphatic rings. The van der Waals surface area contributed by atoms with Crippen LogP contribution >= 0.6 is 11.6 Å². The smallest absolute Gasteiger partial charge is 0.214 e. The Morgan fingerprint density at radius 1 is 1.25 bits per heavy atom. The summed E-state index contributed by atoms with van der Waals surface area (Å²) in [6, 6.07) is 9.60. The van der Waals surface area contributed by atoms with Crippen molar-refractivity contribution in [3.8, 4) is 6.07 Å². The van der Waals surface area contributed by atoms with E-state index in [4.69, 9.17) is 11.6 Å². The minimum atomic E-state index is -0.590. The van der Waals surface area contributed by atoms with Crippen molar-refractivity contribution >= 4 is 17.4 Å². The molecule has 0 radical (unpaired) electrons. The van der Waals surface area contributed by atoms with E-state index in [1.165, 1.54) is 6.07 Å². The van der Waals surface area contributed by atoms with Crippen LogP contribution in [0.4, 0.5) is 10.2 Å². The molecule has 0 spiro atoms. The van der Waals surface area contributed by atoms with Gasteiger partial charge >= 0.3 is 0 Å². The van der Waals surface area contributed by atoms with Crippen molar-refractivity contribution in [3.05, 3.63) is 53.2 Å². The van der Waals surface area contributed by atoms with Gasteiger partial charge in [0.2, 0.25) is 5.95 Å². The molecule has 2 unspecified atom stereocenters. The van der Waals surface area contributed by atoms with Crippen LogP contribution in [0.5, 0.6) is 0 Å². The van der Waals surface area contributed by atoms with E-state index in [1.54, 1.807) is 18.5 Å². The van der Waals surface area contributed by atoms with Crippen LogP contribution in [0, 0.1) is 17.3 Å². The largest absolute Gasteiger partial charge is 0.350 e. The SMILES string of the molecule is N#CC1(c2cncc(Cl)c2)CC2CCC(C1)N2c1cccc(F)n1. The number of nitriles is 1. The number of hydrogen-bond acceptors (Lipinski definition) is 4. The van der Waals surface area contributed by atoms with E-state index in [0.717, 1.165) is 18.4 Å². The molecular formula is C18H16ClFN4. The average Bonchev–Trinajstić information content (AvgIpc) is 2.86. The summed E-state index contributed by atoms with van der Waals surface area (Å²) >= 11 is 6.08. The Morgan fingerprint density at radius 2 is 2.00 bits per heavy atom. The summed E-state index contributed by atoms with van der Waals surface area (Å²) < 4.78 is 13.5. The third kappa shape index (κ3) is 2.42. The fourth-order valence-electron chi connectivity index (χ4n) is 4.23. The van der Waals surface area contributed by atoms with Gasteiger partial charge in [0.1, 0.15) is 5.82 Å². The molecule has 2 fully saturated rings. The van der Waals surface area contributed by atoms with E-state index in [2.05, 4.69) is 20.9 Å². The minimum Gasteiger partial charge on any atom is -0.350 e. The Morgan fingerprint density at radius 3 is 2.62 bits per heavy atom. The van der Waals surface area contributed by atoms with Crippen molar-refractivity contribution in [1.29, 1.82) is 5.26 Å². The Hall–Kier alpha value is -2.19. The van der Waals surface area contributed by atoms with Crippen LogP contribution in [0.3, 0.4) is 0 Å². The first-order valence-electron chi connectivity index (χ1n) is 8.04. The van der Waals surface area contributed by atoms with Gasteiger partial charge in [0.25, 0.3) is 0 Å². The predicted molar refractivity (Wildman–Crippen MR) is 89.3 cm³/mol. The molecule has 122 valence electrons. The molecule has 24 heavy (non-hydrogen) atoms. The van der Waals surface area contributed by atoms with Gasteiger partial charge in [-0.3, -0.25) is 4.98 Å². The number of fused-ring (bicyclic) bond motifs is 2. The number of nitrogens with zero attached hydrogens (tertiary/aromatic N) is 4. The fourth-order valence-corrected chi connectivity index (χ4v) is 4.40. The Balaban J connectivity index is 1.70. The first-order valence-corrected chi connectivity index (χ1v) is 8.42. The first-order chi connectivity index (χ1) is 11.6. The lowest BCUT2D eigenvalue weighted by atomic mass is 9.71. The normalized spacial score (nSPS) is 28.6. The number of rotatable bonds is 2. The Kier molecular flexibility index (Phi) is 3.65. The van der Waals surface area contributed by atoms with E-state index in [1.807, 2.05) is 12.1 Å². The Labute approximate surface area is 144 Å². The maximum atomic E-state index is 13.5. The number of pyridine rings is 2. The van der Waals surface area contributed by atoms with Crippen LogP contribution in [-0.2, 0) is 5.41 Å². The van der Waals surface area contributed by atoms with Gasteiger partial charge in [0.05, 0.1) is 16.5 Å². The maximum Gasteiger partial charge on any atom is 0.214 e. The van der Waals surface area contributed by atoms with Crippen molar-refractivity contribution in [2.45, 2.75) is 43.2 Å². The summed E-state index contributed by atoms with van der Waals surface area (Å²) in [5.74, 6) is 0.196. The van der Waals surface area contributed by atoms with Crippen molar-refractivity contribution in [3.63, 3.8) is 0 Å². The van der Waals surface area contributed by atoms with Crippen LogP contribution in [-0.4, -0.2) is 22.1 Å². The third-order valence-electron chi connectivity index (χ3n) is 5.22. The molecule has 0 amide bonds. The molecule has 4 rings (SSSR count). The highest BCUT2D eigenvalue weighted by Gasteiger charge is 2.50. The molecule has 0 N–H and O–H groups in total. The molecule has 2 bridgehead atoms. The summed E-state index contributed by atoms with van der Waals surface area (Å²) in [6.45, 7) is 0. The molecule has 2 aromatic heterocycles. The van der Waals surface area contributed by atoms with Gasteiger partial charge in [-0.15, -0.1) is 0 Å². The van der Waals surface area contributed by atoms with Gasteiger partial charge in [0, 0.05) is 24.5 Å². The topological polar surface area (TPSA) is 52.8 Å². The Bertz CT molecular complexity index is 805. The van der Waals surface area contributed by atoms with Gasteiger partial charge in [-0.25, -0.2) is 4.98 Å². The molecule has 2 saturated heterocycles. The zero-order valence-corrected chi connectivity index (χ0v) is 13.7. The quantitative estimate of drug-likeness (QED) is 0.778. The molecule has 4 heterocycles. The molecular weight excluding hydrogens is 327 g/mol. The molecule has 4 nitrogen and oxygen atoms in total. The number of halogens is 2. The standard InChI is InChI=1S/C18H16ClFN4/c19-13-6-12(9-22-10-13)18(11-21)7-14-4-5-15(8-18)24(14)17-3-1-2-16(20)23-17/h1-3,6,9-10,14-15H,4-5,7-8H2. The number of hydrogen-bond donors (Lipinski definition) is 0. The van der Waals surface area contributed by atoms with Gasteiger partial charge in [-0.1, -0.05) is 17.7 Å². The molecule has 0 aromatic carbocycles. The second kappa shape index (κ2) is 5.71. The van der Waals surface area contributed by atoms with Crippen LogP contribution in [0.25, 0.3) is 0 Å². The van der Waals surface area contributed by atoms with E-state index < -0.39 is 11.4 Å². The average molecular weight is 343 g/mol. The lowest BCUT2D eigenvalue weighted by Crippen LogP contribution is -2.49. The number of anilines is 1. The van der Waals surface area contributed by atoms with Gasteiger partial charge < -0.3 is 4.90 Å².